The summed E-state index contributed by atoms with van der Waals surface area (Å²) >= 11 is 5.59. The van der Waals surface area contributed by atoms with Crippen LogP contribution in [0.1, 0.15) is 23.2 Å². The molecule has 1 rings (SSSR count). The van der Waals surface area contributed by atoms with Gasteiger partial charge in [-0.3, -0.25) is 0 Å². The van der Waals surface area contributed by atoms with Gasteiger partial charge in [0, 0.05) is 11.9 Å². The first-order chi connectivity index (χ1) is 7.63. The maximum Gasteiger partial charge on any atom is 0.280 e. The molecule has 0 aliphatic rings. The zero-order valence-corrected chi connectivity index (χ0v) is 9.26. The molecule has 0 unspecified atom stereocenters. The van der Waals surface area contributed by atoms with Crippen LogP contribution >= 0.6 is 11.6 Å². The van der Waals surface area contributed by atoms with Gasteiger partial charge in [0.1, 0.15) is 5.69 Å². The normalized spacial score (nSPS) is 10.2. The number of hydrogen-bond donors (Lipinski definition) is 0. The second kappa shape index (κ2) is 5.61. The third kappa shape index (κ3) is 2.58. The Morgan fingerprint density at radius 3 is 2.75 bits per heavy atom. The van der Waals surface area contributed by atoms with Crippen molar-refractivity contribution in [1.82, 2.24) is 4.98 Å². The van der Waals surface area contributed by atoms with Crippen LogP contribution in [0.4, 0.5) is 8.78 Å². The Morgan fingerprint density at radius 1 is 1.62 bits per heavy atom. The van der Waals surface area contributed by atoms with Crippen molar-refractivity contribution in [3.8, 4) is 11.9 Å². The van der Waals surface area contributed by atoms with Gasteiger partial charge in [0.05, 0.1) is 19.6 Å². The Bertz CT molecular complexity index is 418. The number of nitrogens with zero attached hydrogens (tertiary/aromatic N) is 2. The van der Waals surface area contributed by atoms with Crippen LogP contribution in [0, 0.1) is 11.3 Å². The third-order valence-electron chi connectivity index (χ3n) is 2.04. The average Bonchev–Trinajstić information content (AvgIpc) is 2.28. The topological polar surface area (TPSA) is 45.9 Å². The summed E-state index contributed by atoms with van der Waals surface area (Å²) in [6, 6.07) is 3.34. The lowest BCUT2D eigenvalue weighted by Crippen LogP contribution is -2.04. The minimum Gasteiger partial charge on any atom is -0.481 e. The number of hydrogen-bond acceptors (Lipinski definition) is 3. The van der Waals surface area contributed by atoms with Crippen molar-refractivity contribution in [2.45, 2.75) is 18.7 Å². The molecule has 3 nitrogen and oxygen atoms in total. The molecule has 0 saturated heterocycles. The fourth-order valence-electron chi connectivity index (χ4n) is 1.30. The fraction of sp³-hybridized carbons (Fsp3) is 0.400. The molecule has 0 atom stereocenters. The molecule has 0 aliphatic carbocycles. The Morgan fingerprint density at radius 2 is 2.31 bits per heavy atom. The predicted molar refractivity (Wildman–Crippen MR) is 54.6 cm³/mol. The van der Waals surface area contributed by atoms with Gasteiger partial charge < -0.3 is 4.74 Å². The van der Waals surface area contributed by atoms with Crippen LogP contribution in [0.5, 0.6) is 5.88 Å². The molecule has 1 aromatic heterocycles. The van der Waals surface area contributed by atoms with Gasteiger partial charge >= 0.3 is 0 Å². The molecule has 86 valence electrons. The van der Waals surface area contributed by atoms with E-state index in [1.165, 1.54) is 13.2 Å². The summed E-state index contributed by atoms with van der Waals surface area (Å²) in [7, 11) is 1.33. The standard InChI is InChI=1S/C10H9ClF2N2O/c1-16-8-4-6(2-3-14)7(5-11)9(15-8)10(12)13/h4,10H,2,5H2,1H3. The largest absolute Gasteiger partial charge is 0.481 e. The van der Waals surface area contributed by atoms with Crippen molar-refractivity contribution in [3.05, 3.63) is 22.9 Å². The minimum absolute atomic E-state index is 0.000648. The molecule has 16 heavy (non-hydrogen) atoms. The van der Waals surface area contributed by atoms with Crippen LogP contribution < -0.4 is 4.74 Å². The fourth-order valence-corrected chi connectivity index (χ4v) is 1.61. The second-order valence-electron chi connectivity index (χ2n) is 2.96. The summed E-state index contributed by atoms with van der Waals surface area (Å²) in [6.45, 7) is 0. The Hall–Kier alpha value is -1.41. The highest BCUT2D eigenvalue weighted by Crippen LogP contribution is 2.28. The molecule has 0 amide bonds. The molecule has 0 spiro atoms. The lowest BCUT2D eigenvalue weighted by atomic mass is 10.1. The highest BCUT2D eigenvalue weighted by Gasteiger charge is 2.19. The molecule has 0 aliphatic heterocycles. The van der Waals surface area contributed by atoms with Gasteiger partial charge in [-0.25, -0.2) is 13.8 Å². The summed E-state index contributed by atoms with van der Waals surface area (Å²) < 4.78 is 30.2. The van der Waals surface area contributed by atoms with E-state index in [4.69, 9.17) is 21.6 Å². The van der Waals surface area contributed by atoms with E-state index in [2.05, 4.69) is 4.98 Å². The van der Waals surface area contributed by atoms with E-state index in [0.717, 1.165) is 0 Å². The van der Waals surface area contributed by atoms with Crippen molar-refractivity contribution >= 4 is 11.6 Å². The molecule has 1 heterocycles. The Labute approximate surface area is 96.6 Å². The molecular formula is C10H9ClF2N2O. The van der Waals surface area contributed by atoms with Crippen molar-refractivity contribution in [2.24, 2.45) is 0 Å². The van der Waals surface area contributed by atoms with Crippen molar-refractivity contribution in [3.63, 3.8) is 0 Å². The molecule has 0 bridgehead atoms. The van der Waals surface area contributed by atoms with Crippen LogP contribution in [-0.4, -0.2) is 12.1 Å². The second-order valence-corrected chi connectivity index (χ2v) is 3.22. The van der Waals surface area contributed by atoms with Crippen molar-refractivity contribution in [1.29, 1.82) is 5.26 Å². The number of methoxy groups -OCH3 is 1. The zero-order valence-electron chi connectivity index (χ0n) is 8.51. The van der Waals surface area contributed by atoms with Gasteiger partial charge in [-0.15, -0.1) is 11.6 Å². The van der Waals surface area contributed by atoms with E-state index in [1.54, 1.807) is 0 Å². The summed E-state index contributed by atoms with van der Waals surface area (Å²) in [5, 5.41) is 8.59. The first kappa shape index (κ1) is 12.7. The quantitative estimate of drug-likeness (QED) is 0.768. The van der Waals surface area contributed by atoms with Gasteiger partial charge in [0.25, 0.3) is 6.43 Å². The highest BCUT2D eigenvalue weighted by atomic mass is 35.5. The summed E-state index contributed by atoms with van der Waals surface area (Å²) in [5.41, 5.74) is 0.221. The predicted octanol–water partition coefficient (Wildman–Crippen LogP) is 2.83. The minimum atomic E-state index is -2.73. The molecule has 6 heteroatoms. The number of ether oxygens (including phenoxy) is 1. The van der Waals surface area contributed by atoms with E-state index in [0.29, 0.717) is 5.56 Å². The molecule has 1 aromatic rings. The van der Waals surface area contributed by atoms with E-state index < -0.39 is 12.1 Å². The van der Waals surface area contributed by atoms with Gasteiger partial charge in [0.2, 0.25) is 5.88 Å². The molecule has 0 fully saturated rings. The summed E-state index contributed by atoms with van der Waals surface area (Å²) in [5.74, 6) is -0.0392. The maximum absolute atomic E-state index is 12.7. The van der Waals surface area contributed by atoms with Crippen LogP contribution in [-0.2, 0) is 12.3 Å². The van der Waals surface area contributed by atoms with Gasteiger partial charge in [-0.2, -0.15) is 5.26 Å². The van der Waals surface area contributed by atoms with Gasteiger partial charge in [-0.05, 0) is 11.1 Å². The van der Waals surface area contributed by atoms with Crippen molar-refractivity contribution < 1.29 is 13.5 Å². The van der Waals surface area contributed by atoms with E-state index >= 15 is 0 Å². The molecule has 0 N–H and O–H groups in total. The lowest BCUT2D eigenvalue weighted by molar-refractivity contribution is 0.144. The van der Waals surface area contributed by atoms with Crippen LogP contribution in [0.2, 0.25) is 0 Å². The van der Waals surface area contributed by atoms with Crippen LogP contribution in [0.15, 0.2) is 6.07 Å². The van der Waals surface area contributed by atoms with E-state index in [-0.39, 0.29) is 23.7 Å². The molecule has 0 radical (unpaired) electrons. The van der Waals surface area contributed by atoms with Gasteiger partial charge in [-0.1, -0.05) is 0 Å². The van der Waals surface area contributed by atoms with E-state index in [9.17, 15) is 8.78 Å². The average molecular weight is 247 g/mol. The van der Waals surface area contributed by atoms with Crippen molar-refractivity contribution in [2.75, 3.05) is 7.11 Å². The summed E-state index contributed by atoms with van der Waals surface area (Å²) in [4.78, 5) is 3.64. The zero-order chi connectivity index (χ0) is 12.1. The smallest absolute Gasteiger partial charge is 0.280 e. The molecule has 0 aromatic carbocycles. The number of aromatic nitrogens is 1. The first-order valence-electron chi connectivity index (χ1n) is 4.41. The Balaban J connectivity index is 3.35. The third-order valence-corrected chi connectivity index (χ3v) is 2.31. The number of nitriles is 1. The molecule has 0 saturated carbocycles. The number of halogens is 3. The number of alkyl halides is 3. The molecular weight excluding hydrogens is 238 g/mol. The number of rotatable bonds is 4. The summed E-state index contributed by atoms with van der Waals surface area (Å²) in [6.07, 6.45) is -2.73. The van der Waals surface area contributed by atoms with Gasteiger partial charge in [0.15, 0.2) is 0 Å². The number of pyridine rings is 1. The van der Waals surface area contributed by atoms with E-state index in [1.807, 2.05) is 6.07 Å². The van der Waals surface area contributed by atoms with Crippen LogP contribution in [0.25, 0.3) is 0 Å². The highest BCUT2D eigenvalue weighted by molar-refractivity contribution is 6.17. The Kier molecular flexibility index (Phi) is 4.44. The lowest BCUT2D eigenvalue weighted by Gasteiger charge is -2.11. The first-order valence-corrected chi connectivity index (χ1v) is 4.95. The van der Waals surface area contributed by atoms with Crippen LogP contribution in [0.3, 0.4) is 0 Å². The SMILES string of the molecule is COc1cc(CC#N)c(CCl)c(C(F)F)n1. The monoisotopic (exact) mass is 246 g/mol. The maximum atomic E-state index is 12.7.